The highest BCUT2D eigenvalue weighted by Crippen LogP contribution is 2.23. The molecule has 2 N–H and O–H groups in total. The third kappa shape index (κ3) is 8.08. The molecular weight excluding hydrogens is 535 g/mol. The summed E-state index contributed by atoms with van der Waals surface area (Å²) < 4.78 is 0. The Morgan fingerprint density at radius 2 is 1.88 bits per heavy atom. The van der Waals surface area contributed by atoms with Crippen LogP contribution in [0, 0.1) is 5.41 Å². The first-order chi connectivity index (χ1) is 14.9. The maximum absolute atomic E-state index is 6.14. The average molecular weight is 571 g/mol. The summed E-state index contributed by atoms with van der Waals surface area (Å²) in [6, 6.07) is 12.2. The van der Waals surface area contributed by atoms with E-state index in [0.717, 1.165) is 55.9 Å². The fourth-order valence-electron chi connectivity index (χ4n) is 3.86. The summed E-state index contributed by atoms with van der Waals surface area (Å²) in [4.78, 5) is 13.8. The molecule has 1 aromatic heterocycles. The first-order valence-corrected chi connectivity index (χ1v) is 11.3. The Balaban J connectivity index is 0.00000363. The molecule has 1 saturated heterocycles. The molecule has 0 bridgehead atoms. The van der Waals surface area contributed by atoms with Crippen molar-refractivity contribution >= 4 is 47.4 Å². The number of nitrogens with zero attached hydrogens (tertiary/aromatic N) is 4. The molecular formula is C24H36ClIN6. The van der Waals surface area contributed by atoms with Gasteiger partial charge in [-0.15, -0.1) is 24.0 Å². The zero-order valence-corrected chi connectivity index (χ0v) is 22.7. The highest BCUT2D eigenvalue weighted by molar-refractivity contribution is 14.0. The summed E-state index contributed by atoms with van der Waals surface area (Å²) >= 11 is 6.14. The number of likely N-dealkylation sites (N-methyl/N-ethyl adjacent to an activating group) is 1. The molecule has 0 amide bonds. The van der Waals surface area contributed by atoms with Crippen LogP contribution in [0.25, 0.3) is 0 Å². The van der Waals surface area contributed by atoms with Crippen LogP contribution in [0.1, 0.15) is 25.0 Å². The summed E-state index contributed by atoms with van der Waals surface area (Å²) in [5.41, 5.74) is 2.49. The van der Waals surface area contributed by atoms with E-state index >= 15 is 0 Å². The van der Waals surface area contributed by atoms with Gasteiger partial charge in [-0.2, -0.15) is 0 Å². The zero-order chi connectivity index (χ0) is 22.3. The molecule has 0 unspecified atom stereocenters. The molecule has 1 aromatic carbocycles. The number of benzene rings is 1. The summed E-state index contributed by atoms with van der Waals surface area (Å²) in [5.74, 6) is 1.87. The molecule has 2 aromatic rings. The highest BCUT2D eigenvalue weighted by atomic mass is 127. The van der Waals surface area contributed by atoms with Gasteiger partial charge in [0.15, 0.2) is 5.96 Å². The van der Waals surface area contributed by atoms with Gasteiger partial charge in [-0.25, -0.2) is 4.98 Å². The minimum Gasteiger partial charge on any atom is -0.356 e. The quantitative estimate of drug-likeness (QED) is 0.299. The van der Waals surface area contributed by atoms with E-state index in [2.05, 4.69) is 63.4 Å². The Labute approximate surface area is 214 Å². The lowest BCUT2D eigenvalue weighted by Gasteiger charge is -2.34. The van der Waals surface area contributed by atoms with Crippen LogP contribution in [0.4, 0.5) is 5.82 Å². The molecule has 32 heavy (non-hydrogen) atoms. The maximum atomic E-state index is 6.14. The molecule has 1 fully saturated rings. The van der Waals surface area contributed by atoms with Gasteiger partial charge in [0.1, 0.15) is 5.82 Å². The van der Waals surface area contributed by atoms with E-state index in [-0.39, 0.29) is 29.4 Å². The van der Waals surface area contributed by atoms with Crippen molar-refractivity contribution in [3.63, 3.8) is 0 Å². The number of hydrogen-bond acceptors (Lipinski definition) is 4. The van der Waals surface area contributed by atoms with Crippen LogP contribution in [0.2, 0.25) is 5.02 Å². The molecule has 1 aliphatic rings. The van der Waals surface area contributed by atoms with Crippen LogP contribution >= 0.6 is 35.6 Å². The van der Waals surface area contributed by atoms with E-state index in [1.165, 1.54) is 11.1 Å². The Hall–Kier alpha value is -1.58. The molecule has 0 aliphatic carbocycles. The number of rotatable bonds is 7. The second-order valence-electron chi connectivity index (χ2n) is 9.03. The van der Waals surface area contributed by atoms with E-state index in [9.17, 15) is 0 Å². The molecule has 3 rings (SSSR count). The van der Waals surface area contributed by atoms with E-state index in [4.69, 9.17) is 11.6 Å². The molecule has 1 aliphatic heterocycles. The molecule has 0 radical (unpaired) electrons. The SMILES string of the molecule is CN=C(NCc1cccnc1N1CCN(C)CC1)NCC(C)(C)Cc1cccc(Cl)c1.I. The van der Waals surface area contributed by atoms with Gasteiger partial charge >= 0.3 is 0 Å². The average Bonchev–Trinajstić information content (AvgIpc) is 2.74. The minimum absolute atomic E-state index is 0. The van der Waals surface area contributed by atoms with Crippen molar-refractivity contribution in [2.75, 3.05) is 51.7 Å². The topological polar surface area (TPSA) is 55.8 Å². The number of aromatic nitrogens is 1. The Kier molecular flexibility index (Phi) is 10.5. The third-order valence-electron chi connectivity index (χ3n) is 5.65. The van der Waals surface area contributed by atoms with E-state index < -0.39 is 0 Å². The van der Waals surface area contributed by atoms with Gasteiger partial charge in [0.05, 0.1) is 0 Å². The Bertz CT molecular complexity index is 880. The smallest absolute Gasteiger partial charge is 0.191 e. The van der Waals surface area contributed by atoms with Crippen molar-refractivity contribution in [1.82, 2.24) is 20.5 Å². The van der Waals surface area contributed by atoms with Crippen LogP contribution < -0.4 is 15.5 Å². The molecule has 176 valence electrons. The highest BCUT2D eigenvalue weighted by Gasteiger charge is 2.20. The Morgan fingerprint density at radius 3 is 2.56 bits per heavy atom. The fourth-order valence-corrected chi connectivity index (χ4v) is 4.07. The molecule has 0 saturated carbocycles. The molecule has 8 heteroatoms. The van der Waals surface area contributed by atoms with E-state index in [0.29, 0.717) is 6.54 Å². The first kappa shape index (κ1) is 26.7. The van der Waals surface area contributed by atoms with E-state index in [1.54, 1.807) is 0 Å². The number of hydrogen-bond donors (Lipinski definition) is 2. The minimum atomic E-state index is 0. The largest absolute Gasteiger partial charge is 0.356 e. The summed E-state index contributed by atoms with van der Waals surface area (Å²) in [6.45, 7) is 10.1. The lowest BCUT2D eigenvalue weighted by atomic mass is 9.86. The first-order valence-electron chi connectivity index (χ1n) is 10.9. The number of guanidine groups is 1. The fraction of sp³-hybridized carbons (Fsp3) is 0.500. The van der Waals surface area contributed by atoms with Crippen molar-refractivity contribution in [1.29, 1.82) is 0 Å². The maximum Gasteiger partial charge on any atom is 0.191 e. The monoisotopic (exact) mass is 570 g/mol. The van der Waals surface area contributed by atoms with Gasteiger partial charge in [-0.1, -0.05) is 43.6 Å². The summed E-state index contributed by atoms with van der Waals surface area (Å²) in [7, 11) is 3.98. The molecule has 2 heterocycles. The van der Waals surface area contributed by atoms with Crippen LogP contribution in [0.15, 0.2) is 47.6 Å². The van der Waals surface area contributed by atoms with Crippen molar-refractivity contribution in [2.45, 2.75) is 26.8 Å². The van der Waals surface area contributed by atoms with Crippen molar-refractivity contribution < 1.29 is 0 Å². The number of piperazine rings is 1. The normalized spacial score (nSPS) is 15.3. The van der Waals surface area contributed by atoms with Crippen LogP contribution in [0.5, 0.6) is 0 Å². The Morgan fingerprint density at radius 1 is 1.12 bits per heavy atom. The van der Waals surface area contributed by atoms with E-state index in [1.807, 2.05) is 37.5 Å². The van der Waals surface area contributed by atoms with Gasteiger partial charge in [0.2, 0.25) is 0 Å². The van der Waals surface area contributed by atoms with Crippen molar-refractivity contribution in [3.05, 3.63) is 58.7 Å². The van der Waals surface area contributed by atoms with Crippen LogP contribution in [0.3, 0.4) is 0 Å². The van der Waals surface area contributed by atoms with Crippen molar-refractivity contribution in [3.8, 4) is 0 Å². The van der Waals surface area contributed by atoms with Crippen LogP contribution in [-0.2, 0) is 13.0 Å². The number of halogens is 2. The van der Waals surface area contributed by atoms with Gasteiger partial charge in [0, 0.05) is 63.1 Å². The zero-order valence-electron chi connectivity index (χ0n) is 19.6. The predicted octanol–water partition coefficient (Wildman–Crippen LogP) is 4.04. The lowest BCUT2D eigenvalue weighted by molar-refractivity contribution is 0.312. The number of aliphatic imine (C=N–C) groups is 1. The molecule has 0 spiro atoms. The number of nitrogens with one attached hydrogen (secondary N) is 2. The van der Waals surface area contributed by atoms with Gasteiger partial charge in [0.25, 0.3) is 0 Å². The number of anilines is 1. The third-order valence-corrected chi connectivity index (χ3v) is 5.88. The summed E-state index contributed by atoms with van der Waals surface area (Å²) in [5, 5.41) is 7.73. The molecule has 6 nitrogen and oxygen atoms in total. The van der Waals surface area contributed by atoms with Gasteiger partial charge in [-0.05, 0) is 42.6 Å². The summed E-state index contributed by atoms with van der Waals surface area (Å²) in [6.07, 6.45) is 2.82. The number of pyridine rings is 1. The molecule has 0 atom stereocenters. The predicted molar refractivity (Wildman–Crippen MR) is 147 cm³/mol. The van der Waals surface area contributed by atoms with Crippen molar-refractivity contribution in [2.24, 2.45) is 10.4 Å². The van der Waals surface area contributed by atoms with Gasteiger partial charge < -0.3 is 20.4 Å². The lowest BCUT2D eigenvalue weighted by Crippen LogP contribution is -2.45. The van der Waals surface area contributed by atoms with Crippen LogP contribution in [-0.4, -0.2) is 62.7 Å². The van der Waals surface area contributed by atoms with Gasteiger partial charge in [-0.3, -0.25) is 4.99 Å². The second-order valence-corrected chi connectivity index (χ2v) is 9.46. The standard InChI is InChI=1S/C24H35ClN6.HI/c1-24(2,16-19-7-5-9-21(25)15-19)18-29-23(26-3)28-17-20-8-6-10-27-22(20)31-13-11-30(4)12-14-31;/h5-10,15H,11-14,16-18H2,1-4H3,(H2,26,28,29);1H. The second kappa shape index (κ2) is 12.6.